The van der Waals surface area contributed by atoms with Gasteiger partial charge in [0.05, 0.1) is 21.9 Å². The van der Waals surface area contributed by atoms with E-state index < -0.39 is 22.3 Å². The van der Waals surface area contributed by atoms with Crippen LogP contribution in [0.4, 0.5) is 10.8 Å². The quantitative estimate of drug-likeness (QED) is 0.319. The first-order valence-electron chi connectivity index (χ1n) is 9.41. The second kappa shape index (κ2) is 7.21. The van der Waals surface area contributed by atoms with Crippen molar-refractivity contribution in [3.05, 3.63) is 89.2 Å². The molecule has 1 aliphatic rings. The number of benzene rings is 2. The summed E-state index contributed by atoms with van der Waals surface area (Å²) in [5, 5.41) is 20.9. The molecule has 4 aromatic rings. The number of rotatable bonds is 3. The minimum absolute atomic E-state index is 0.0794. The Labute approximate surface area is 189 Å². The van der Waals surface area contributed by atoms with Gasteiger partial charge in [-0.1, -0.05) is 35.1 Å². The number of non-ortho nitro benzene ring substituents is 1. The highest BCUT2D eigenvalue weighted by Gasteiger charge is 2.45. The molecule has 5 rings (SSSR count). The number of nitro groups is 1. The van der Waals surface area contributed by atoms with Crippen LogP contribution in [0, 0.1) is 24.0 Å². The number of halogens is 1. The van der Waals surface area contributed by atoms with E-state index in [1.807, 2.05) is 0 Å². The van der Waals surface area contributed by atoms with Crippen molar-refractivity contribution < 1.29 is 14.1 Å². The van der Waals surface area contributed by atoms with Crippen molar-refractivity contribution in [2.24, 2.45) is 0 Å². The van der Waals surface area contributed by atoms with Crippen LogP contribution in [0.3, 0.4) is 0 Å². The average Bonchev–Trinajstić information content (AvgIpc) is 3.31. The van der Waals surface area contributed by atoms with Crippen LogP contribution >= 0.6 is 22.9 Å². The summed E-state index contributed by atoms with van der Waals surface area (Å²) < 4.78 is 5.89. The lowest BCUT2D eigenvalue weighted by atomic mass is 9.98. The van der Waals surface area contributed by atoms with Gasteiger partial charge in [0.2, 0.25) is 10.9 Å². The maximum atomic E-state index is 13.5. The van der Waals surface area contributed by atoms with E-state index in [-0.39, 0.29) is 33.1 Å². The molecule has 0 spiro atoms. The Morgan fingerprint density at radius 2 is 1.97 bits per heavy atom. The Bertz CT molecular complexity index is 1510. The Morgan fingerprint density at radius 1 is 1.19 bits per heavy atom. The van der Waals surface area contributed by atoms with E-state index in [4.69, 9.17) is 16.0 Å². The molecule has 1 amide bonds. The Balaban J connectivity index is 1.83. The lowest BCUT2D eigenvalue weighted by Gasteiger charge is -2.21. The molecule has 1 unspecified atom stereocenters. The fourth-order valence-corrected chi connectivity index (χ4v) is 4.68. The molecule has 2 aromatic carbocycles. The predicted octanol–water partition coefficient (Wildman–Crippen LogP) is 4.57. The molecule has 0 saturated carbocycles. The van der Waals surface area contributed by atoms with Gasteiger partial charge >= 0.3 is 0 Å². The van der Waals surface area contributed by atoms with Crippen LogP contribution in [0.5, 0.6) is 0 Å². The van der Waals surface area contributed by atoms with Gasteiger partial charge in [-0.3, -0.25) is 24.6 Å². The van der Waals surface area contributed by atoms with Crippen LogP contribution in [0.25, 0.3) is 11.0 Å². The number of aryl methyl sites for hydroxylation is 2. The number of anilines is 1. The predicted molar refractivity (Wildman–Crippen MR) is 119 cm³/mol. The largest absolute Gasteiger partial charge is 0.450 e. The number of nitrogens with zero attached hydrogens (tertiary/aromatic N) is 4. The van der Waals surface area contributed by atoms with Crippen molar-refractivity contribution >= 4 is 50.6 Å². The van der Waals surface area contributed by atoms with Gasteiger partial charge in [0, 0.05) is 17.2 Å². The third-order valence-electron chi connectivity index (χ3n) is 5.27. The normalized spacial score (nSPS) is 15.4. The third-order valence-corrected chi connectivity index (χ3v) is 6.51. The van der Waals surface area contributed by atoms with E-state index in [0.29, 0.717) is 21.2 Å². The number of fused-ring (bicyclic) bond motifs is 2. The molecule has 11 heteroatoms. The molecule has 0 saturated heterocycles. The zero-order valence-electron chi connectivity index (χ0n) is 16.7. The molecule has 32 heavy (non-hydrogen) atoms. The number of amides is 1. The topological polar surface area (TPSA) is 119 Å². The molecule has 0 bridgehead atoms. The molecule has 0 aliphatic carbocycles. The van der Waals surface area contributed by atoms with E-state index in [9.17, 15) is 19.7 Å². The summed E-state index contributed by atoms with van der Waals surface area (Å²) in [6.07, 6.45) is 0. The number of carbonyl (C=O) groups excluding carboxylic acids is 1. The number of hydrogen-bond acceptors (Lipinski definition) is 8. The Hall–Kier alpha value is -3.63. The lowest BCUT2D eigenvalue weighted by Crippen LogP contribution is -2.29. The van der Waals surface area contributed by atoms with E-state index in [1.165, 1.54) is 40.5 Å². The molecule has 9 nitrogen and oxygen atoms in total. The van der Waals surface area contributed by atoms with Gasteiger partial charge < -0.3 is 4.42 Å². The molecular weight excluding hydrogens is 456 g/mol. The zero-order chi connectivity index (χ0) is 22.7. The maximum absolute atomic E-state index is 13.5. The highest BCUT2D eigenvalue weighted by Crippen LogP contribution is 2.42. The van der Waals surface area contributed by atoms with Gasteiger partial charge in [-0.2, -0.15) is 0 Å². The standard InChI is InChI=1S/C21H13ClN4O5S/c1-9-6-15-13(8-14(9)22)18(27)16-17(11-4-3-5-12(7-11)26(29)30)25(20(28)19(16)31-15)21-24-23-10(2)32-21/h3-8,17H,1-2H3. The minimum Gasteiger partial charge on any atom is -0.450 e. The maximum Gasteiger partial charge on any atom is 0.297 e. The molecule has 1 aliphatic heterocycles. The van der Waals surface area contributed by atoms with Gasteiger partial charge in [0.1, 0.15) is 10.6 Å². The van der Waals surface area contributed by atoms with E-state index in [0.717, 1.165) is 0 Å². The summed E-state index contributed by atoms with van der Waals surface area (Å²) in [7, 11) is 0. The van der Waals surface area contributed by atoms with Crippen LogP contribution in [-0.2, 0) is 0 Å². The fourth-order valence-electron chi connectivity index (χ4n) is 3.80. The van der Waals surface area contributed by atoms with E-state index in [1.54, 1.807) is 26.0 Å². The van der Waals surface area contributed by atoms with E-state index in [2.05, 4.69) is 10.2 Å². The summed E-state index contributed by atoms with van der Waals surface area (Å²) in [4.78, 5) is 39.1. The van der Waals surface area contributed by atoms with Crippen LogP contribution in [0.2, 0.25) is 5.02 Å². The van der Waals surface area contributed by atoms with Gasteiger partial charge in [0.25, 0.3) is 11.6 Å². The minimum atomic E-state index is -0.967. The van der Waals surface area contributed by atoms with Gasteiger partial charge in [-0.05, 0) is 37.1 Å². The van der Waals surface area contributed by atoms with Crippen molar-refractivity contribution in [2.45, 2.75) is 19.9 Å². The Kier molecular flexibility index (Phi) is 4.57. The number of carbonyl (C=O) groups is 1. The molecular formula is C21H13ClN4O5S. The molecule has 160 valence electrons. The number of hydrogen-bond donors (Lipinski definition) is 0. The van der Waals surface area contributed by atoms with Crippen LogP contribution < -0.4 is 10.3 Å². The van der Waals surface area contributed by atoms with E-state index >= 15 is 0 Å². The summed E-state index contributed by atoms with van der Waals surface area (Å²) >= 11 is 7.39. The summed E-state index contributed by atoms with van der Waals surface area (Å²) in [5.74, 6) is -0.701. The fraction of sp³-hybridized carbons (Fsp3) is 0.143. The molecule has 0 fully saturated rings. The highest BCUT2D eigenvalue weighted by molar-refractivity contribution is 7.15. The first kappa shape index (κ1) is 20.3. The van der Waals surface area contributed by atoms with Crippen LogP contribution in [0.15, 0.2) is 45.6 Å². The SMILES string of the molecule is Cc1nnc(N2C(=O)c3oc4cc(C)c(Cl)cc4c(=O)c3C2c2cccc([N+](=O)[O-])c2)s1. The third kappa shape index (κ3) is 2.99. The molecule has 2 aromatic heterocycles. The first-order chi connectivity index (χ1) is 15.3. The Morgan fingerprint density at radius 3 is 2.66 bits per heavy atom. The smallest absolute Gasteiger partial charge is 0.297 e. The first-order valence-corrected chi connectivity index (χ1v) is 10.6. The van der Waals surface area contributed by atoms with Gasteiger partial charge in [0.15, 0.2) is 5.43 Å². The van der Waals surface area contributed by atoms with Crippen molar-refractivity contribution in [3.63, 3.8) is 0 Å². The van der Waals surface area contributed by atoms with Crippen molar-refractivity contribution in [1.82, 2.24) is 10.2 Å². The molecule has 0 radical (unpaired) electrons. The number of aromatic nitrogens is 2. The summed E-state index contributed by atoms with van der Waals surface area (Å²) in [5.41, 5.74) is 0.786. The summed E-state index contributed by atoms with van der Waals surface area (Å²) in [6, 6.07) is 7.93. The molecule has 1 atom stereocenters. The zero-order valence-corrected chi connectivity index (χ0v) is 18.2. The molecule has 3 heterocycles. The monoisotopic (exact) mass is 468 g/mol. The van der Waals surface area contributed by atoms with Crippen molar-refractivity contribution in [1.29, 1.82) is 0 Å². The average molecular weight is 469 g/mol. The van der Waals surface area contributed by atoms with Crippen LogP contribution in [-0.4, -0.2) is 21.0 Å². The second-order valence-electron chi connectivity index (χ2n) is 7.30. The molecule has 0 N–H and O–H groups in total. The summed E-state index contributed by atoms with van der Waals surface area (Å²) in [6.45, 7) is 3.50. The van der Waals surface area contributed by atoms with Crippen LogP contribution in [0.1, 0.15) is 38.3 Å². The number of nitro benzene ring substituents is 1. The van der Waals surface area contributed by atoms with Gasteiger partial charge in [-0.15, -0.1) is 10.2 Å². The highest BCUT2D eigenvalue weighted by atomic mass is 35.5. The second-order valence-corrected chi connectivity index (χ2v) is 8.87. The van der Waals surface area contributed by atoms with Crippen molar-refractivity contribution in [2.75, 3.05) is 4.90 Å². The lowest BCUT2D eigenvalue weighted by molar-refractivity contribution is -0.384. The van der Waals surface area contributed by atoms with Gasteiger partial charge in [-0.25, -0.2) is 0 Å². The van der Waals surface area contributed by atoms with Crippen molar-refractivity contribution in [3.8, 4) is 0 Å².